The molecular formula is C15H20N3O3S2+. The van der Waals surface area contributed by atoms with Crippen LogP contribution in [0.5, 0.6) is 0 Å². The van der Waals surface area contributed by atoms with E-state index in [-0.39, 0.29) is 23.1 Å². The second-order valence-electron chi connectivity index (χ2n) is 6.67. The van der Waals surface area contributed by atoms with Gasteiger partial charge in [-0.3, -0.25) is 4.79 Å². The van der Waals surface area contributed by atoms with Crippen molar-refractivity contribution in [3.05, 3.63) is 26.6 Å². The normalized spacial score (nSPS) is 24.1. The molecule has 23 heavy (non-hydrogen) atoms. The maximum absolute atomic E-state index is 12.4. The Hall–Kier alpha value is -1.25. The Kier molecular flexibility index (Phi) is 3.58. The van der Waals surface area contributed by atoms with Crippen molar-refractivity contribution < 1.29 is 13.3 Å². The second-order valence-corrected chi connectivity index (χ2v) is 9.99. The van der Waals surface area contributed by atoms with E-state index in [9.17, 15) is 13.2 Å². The third-order valence-electron chi connectivity index (χ3n) is 5.00. The van der Waals surface area contributed by atoms with Crippen molar-refractivity contribution in [3.8, 4) is 0 Å². The number of hydrogen-bond acceptors (Lipinski definition) is 5. The van der Waals surface area contributed by atoms with Crippen LogP contribution in [0.15, 0.2) is 4.79 Å². The number of aromatic nitrogens is 2. The number of hydrogen-bond donors (Lipinski definition) is 2. The van der Waals surface area contributed by atoms with Crippen molar-refractivity contribution in [1.29, 1.82) is 0 Å². The molecule has 0 spiro atoms. The fourth-order valence-corrected chi connectivity index (χ4v) is 6.88. The van der Waals surface area contributed by atoms with Crippen LogP contribution in [0.2, 0.25) is 0 Å². The highest BCUT2D eigenvalue weighted by Gasteiger charge is 2.34. The zero-order valence-corrected chi connectivity index (χ0v) is 14.6. The average molecular weight is 354 g/mol. The Morgan fingerprint density at radius 1 is 1.39 bits per heavy atom. The van der Waals surface area contributed by atoms with Crippen molar-refractivity contribution in [2.24, 2.45) is 0 Å². The van der Waals surface area contributed by atoms with Crippen molar-refractivity contribution in [3.63, 3.8) is 0 Å². The SMILES string of the molecule is C[NH+](Cc1nc2sc3c(c2c(=O)[nH]1)CCC3)[C@H]1CCS(=O)(=O)C1. The van der Waals surface area contributed by atoms with Crippen molar-refractivity contribution in [1.82, 2.24) is 9.97 Å². The van der Waals surface area contributed by atoms with Gasteiger partial charge in [0.25, 0.3) is 5.56 Å². The van der Waals surface area contributed by atoms with Gasteiger partial charge in [-0.15, -0.1) is 11.3 Å². The van der Waals surface area contributed by atoms with Gasteiger partial charge in [0, 0.05) is 11.3 Å². The lowest BCUT2D eigenvalue weighted by Crippen LogP contribution is -3.12. The van der Waals surface area contributed by atoms with Crippen molar-refractivity contribution >= 4 is 31.4 Å². The number of H-pyrrole nitrogens is 1. The summed E-state index contributed by atoms with van der Waals surface area (Å²) < 4.78 is 23.2. The molecule has 2 atom stereocenters. The van der Waals surface area contributed by atoms with Gasteiger partial charge in [0.05, 0.1) is 18.2 Å². The van der Waals surface area contributed by atoms with Crippen LogP contribution in [0.1, 0.15) is 29.1 Å². The minimum absolute atomic E-state index is 0.0451. The number of thiophene rings is 1. The van der Waals surface area contributed by atoms with E-state index >= 15 is 0 Å². The summed E-state index contributed by atoms with van der Waals surface area (Å²) >= 11 is 1.64. The molecule has 0 aromatic carbocycles. The van der Waals surface area contributed by atoms with E-state index in [4.69, 9.17) is 0 Å². The van der Waals surface area contributed by atoms with E-state index in [1.165, 1.54) is 10.4 Å². The lowest BCUT2D eigenvalue weighted by Gasteiger charge is -2.19. The number of fused-ring (bicyclic) bond motifs is 3. The lowest BCUT2D eigenvalue weighted by molar-refractivity contribution is -0.916. The third-order valence-corrected chi connectivity index (χ3v) is 7.95. The van der Waals surface area contributed by atoms with Gasteiger partial charge in [-0.25, -0.2) is 13.4 Å². The minimum Gasteiger partial charge on any atom is -0.328 e. The van der Waals surface area contributed by atoms with E-state index in [2.05, 4.69) is 9.97 Å². The molecule has 2 aromatic rings. The summed E-state index contributed by atoms with van der Waals surface area (Å²) in [6.07, 6.45) is 3.84. The molecule has 0 radical (unpaired) electrons. The number of nitrogens with one attached hydrogen (secondary N) is 2. The Morgan fingerprint density at radius 3 is 2.96 bits per heavy atom. The molecule has 2 N–H and O–H groups in total. The smallest absolute Gasteiger partial charge is 0.260 e. The zero-order chi connectivity index (χ0) is 16.2. The van der Waals surface area contributed by atoms with Gasteiger partial charge in [-0.05, 0) is 24.8 Å². The van der Waals surface area contributed by atoms with Crippen molar-refractivity contribution in [2.75, 3.05) is 18.6 Å². The highest BCUT2D eigenvalue weighted by atomic mass is 32.2. The largest absolute Gasteiger partial charge is 0.328 e. The summed E-state index contributed by atoms with van der Waals surface area (Å²) in [5, 5.41) is 0.771. The van der Waals surface area contributed by atoms with Gasteiger partial charge >= 0.3 is 0 Å². The summed E-state index contributed by atoms with van der Waals surface area (Å²) in [4.78, 5) is 23.2. The first kappa shape index (κ1) is 15.3. The van der Waals surface area contributed by atoms with E-state index in [1.807, 2.05) is 7.05 Å². The molecule has 1 aliphatic carbocycles. The molecule has 1 saturated heterocycles. The minimum atomic E-state index is -2.88. The first-order valence-electron chi connectivity index (χ1n) is 7.99. The topological polar surface area (TPSA) is 84.3 Å². The number of sulfone groups is 1. The third kappa shape index (κ3) is 2.72. The second kappa shape index (κ2) is 5.39. The quantitative estimate of drug-likeness (QED) is 0.791. The summed E-state index contributed by atoms with van der Waals surface area (Å²) in [6.45, 7) is 0.550. The Balaban J connectivity index is 1.61. The molecule has 2 aromatic heterocycles. The first-order valence-corrected chi connectivity index (χ1v) is 10.6. The highest BCUT2D eigenvalue weighted by molar-refractivity contribution is 7.91. The maximum Gasteiger partial charge on any atom is 0.260 e. The number of aryl methyl sites for hydroxylation is 2. The first-order chi connectivity index (χ1) is 10.9. The summed E-state index contributed by atoms with van der Waals surface area (Å²) in [5.74, 6) is 1.16. The van der Waals surface area contributed by atoms with Gasteiger partial charge in [0.15, 0.2) is 15.7 Å². The standard InChI is InChI=1S/C15H19N3O3S2/c1-18(9-5-6-23(20,21)8-9)7-12-16-14(19)13-10-3-2-4-11(10)22-15(13)17-12/h9H,2-8H2,1H3,(H,16,17,19)/p+1/t9-/m0/s1. The highest BCUT2D eigenvalue weighted by Crippen LogP contribution is 2.34. The van der Waals surface area contributed by atoms with Crippen LogP contribution in [0.25, 0.3) is 10.2 Å². The van der Waals surface area contributed by atoms with Crippen LogP contribution >= 0.6 is 11.3 Å². The van der Waals surface area contributed by atoms with E-state index in [0.717, 1.165) is 34.4 Å². The van der Waals surface area contributed by atoms with E-state index < -0.39 is 9.84 Å². The van der Waals surface area contributed by atoms with Gasteiger partial charge in [-0.1, -0.05) is 0 Å². The molecule has 2 aliphatic rings. The van der Waals surface area contributed by atoms with Crippen LogP contribution in [0, 0.1) is 0 Å². The fraction of sp³-hybridized carbons (Fsp3) is 0.600. The monoisotopic (exact) mass is 354 g/mol. The Morgan fingerprint density at radius 2 is 2.22 bits per heavy atom. The molecule has 124 valence electrons. The number of quaternary nitrogens is 1. The average Bonchev–Trinajstić information content (AvgIpc) is 3.11. The predicted octanol–water partition coefficient (Wildman–Crippen LogP) is -0.325. The molecule has 0 bridgehead atoms. The molecule has 4 rings (SSSR count). The fourth-order valence-electron chi connectivity index (χ4n) is 3.72. The molecule has 6 nitrogen and oxygen atoms in total. The number of aromatic amines is 1. The van der Waals surface area contributed by atoms with Crippen molar-refractivity contribution in [2.45, 2.75) is 38.3 Å². The Bertz CT molecular complexity index is 929. The van der Waals surface area contributed by atoms with Crippen LogP contribution in [0.4, 0.5) is 0 Å². The summed E-state index contributed by atoms with van der Waals surface area (Å²) in [7, 11) is -0.908. The van der Waals surface area contributed by atoms with Crippen LogP contribution < -0.4 is 10.5 Å². The molecule has 0 amide bonds. The predicted molar refractivity (Wildman–Crippen MR) is 89.9 cm³/mol. The van der Waals surface area contributed by atoms with E-state index in [0.29, 0.717) is 18.8 Å². The number of rotatable bonds is 3. The van der Waals surface area contributed by atoms with E-state index in [1.54, 1.807) is 11.3 Å². The molecular weight excluding hydrogens is 334 g/mol. The maximum atomic E-state index is 12.4. The van der Waals surface area contributed by atoms with Gasteiger partial charge in [0.1, 0.15) is 23.2 Å². The molecule has 1 unspecified atom stereocenters. The van der Waals surface area contributed by atoms with Gasteiger partial charge in [0.2, 0.25) is 0 Å². The molecule has 8 heteroatoms. The van der Waals surface area contributed by atoms with Gasteiger partial charge < -0.3 is 9.88 Å². The summed E-state index contributed by atoms with van der Waals surface area (Å²) in [5.41, 5.74) is 1.14. The summed E-state index contributed by atoms with van der Waals surface area (Å²) in [6, 6.07) is 0.0920. The molecule has 0 saturated carbocycles. The number of nitrogens with zero attached hydrogens (tertiary/aromatic N) is 1. The van der Waals surface area contributed by atoms with Gasteiger partial charge in [-0.2, -0.15) is 0 Å². The van der Waals surface area contributed by atoms with Crippen LogP contribution in [0.3, 0.4) is 0 Å². The van der Waals surface area contributed by atoms with Crippen LogP contribution in [-0.2, 0) is 29.2 Å². The molecule has 1 fully saturated rings. The molecule has 3 heterocycles. The lowest BCUT2D eigenvalue weighted by atomic mass is 10.2. The van der Waals surface area contributed by atoms with Crippen LogP contribution in [-0.4, -0.2) is 43.0 Å². The zero-order valence-electron chi connectivity index (χ0n) is 13.0. The molecule has 1 aliphatic heterocycles. The Labute approximate surface area is 138 Å².